The summed E-state index contributed by atoms with van der Waals surface area (Å²) in [7, 11) is 0. The van der Waals surface area contributed by atoms with Gasteiger partial charge in [0.15, 0.2) is 0 Å². The van der Waals surface area contributed by atoms with Crippen LogP contribution < -0.4 is 15.8 Å². The predicted octanol–water partition coefficient (Wildman–Crippen LogP) is -0.822. The number of nitrogens with zero attached hydrogens (tertiary/aromatic N) is 2. The van der Waals surface area contributed by atoms with Gasteiger partial charge in [-0.2, -0.15) is 0 Å². The fourth-order valence-corrected chi connectivity index (χ4v) is 2.27. The molecule has 2 aliphatic heterocycles. The van der Waals surface area contributed by atoms with Crippen LogP contribution in [-0.2, 0) is 0 Å². The Balaban J connectivity index is 1.87. The summed E-state index contributed by atoms with van der Waals surface area (Å²) < 4.78 is 0. The lowest BCUT2D eigenvalue weighted by atomic mass is 9.93. The van der Waals surface area contributed by atoms with Crippen molar-refractivity contribution >= 4 is 5.95 Å². The van der Waals surface area contributed by atoms with E-state index in [0.29, 0.717) is 12.0 Å². The van der Waals surface area contributed by atoms with Crippen LogP contribution in [-0.4, -0.2) is 35.6 Å². The molecule has 1 aromatic rings. The Kier molecular flexibility index (Phi) is 1.61. The van der Waals surface area contributed by atoms with Gasteiger partial charge in [-0.1, -0.05) is 0 Å². The van der Waals surface area contributed by atoms with Crippen LogP contribution in [0.5, 0.6) is 0 Å². The van der Waals surface area contributed by atoms with Crippen LogP contribution >= 0.6 is 0 Å². The van der Waals surface area contributed by atoms with Crippen LogP contribution in [0.1, 0.15) is 0 Å². The molecular weight excluding hydrogens is 180 g/mol. The third-order valence-corrected chi connectivity index (χ3v) is 3.07. The van der Waals surface area contributed by atoms with Crippen molar-refractivity contribution in [1.29, 1.82) is 0 Å². The second-order valence-electron chi connectivity index (χ2n) is 3.90. The Morgan fingerprint density at radius 3 is 3.21 bits per heavy atom. The lowest BCUT2D eigenvalue weighted by Gasteiger charge is -2.43. The zero-order valence-electron chi connectivity index (χ0n) is 7.73. The number of fused-ring (bicyclic) bond motifs is 1. The summed E-state index contributed by atoms with van der Waals surface area (Å²) in [5, 5.41) is 3.34. The Bertz CT molecular complexity index is 402. The van der Waals surface area contributed by atoms with Gasteiger partial charge >= 0.3 is 0 Å². The van der Waals surface area contributed by atoms with E-state index in [1.807, 2.05) is 0 Å². The van der Waals surface area contributed by atoms with E-state index < -0.39 is 0 Å². The average molecular weight is 192 g/mol. The van der Waals surface area contributed by atoms with E-state index in [-0.39, 0.29) is 5.56 Å². The fourth-order valence-electron chi connectivity index (χ4n) is 2.27. The molecule has 2 N–H and O–H groups in total. The molecule has 2 saturated heterocycles. The molecule has 3 heterocycles. The monoisotopic (exact) mass is 192 g/mol. The molecule has 2 unspecified atom stereocenters. The summed E-state index contributed by atoms with van der Waals surface area (Å²) in [6.45, 7) is 3.10. The number of aromatic nitrogens is 2. The van der Waals surface area contributed by atoms with E-state index in [1.54, 1.807) is 6.20 Å². The molecule has 2 fully saturated rings. The zero-order valence-corrected chi connectivity index (χ0v) is 7.73. The van der Waals surface area contributed by atoms with E-state index in [0.717, 1.165) is 25.6 Å². The van der Waals surface area contributed by atoms with Crippen molar-refractivity contribution in [3.63, 3.8) is 0 Å². The van der Waals surface area contributed by atoms with Gasteiger partial charge in [0.25, 0.3) is 5.56 Å². The summed E-state index contributed by atoms with van der Waals surface area (Å²) in [6, 6.07) is 1.97. The van der Waals surface area contributed by atoms with E-state index >= 15 is 0 Å². The maximum absolute atomic E-state index is 11.1. The van der Waals surface area contributed by atoms with Crippen LogP contribution in [0.4, 0.5) is 5.95 Å². The lowest BCUT2D eigenvalue weighted by Crippen LogP contribution is -2.56. The van der Waals surface area contributed by atoms with E-state index in [1.165, 1.54) is 6.07 Å². The first-order valence-electron chi connectivity index (χ1n) is 4.87. The number of hydrogen-bond acceptors (Lipinski definition) is 4. The maximum Gasteiger partial charge on any atom is 0.252 e. The van der Waals surface area contributed by atoms with Gasteiger partial charge in [-0.25, -0.2) is 4.98 Å². The van der Waals surface area contributed by atoms with Crippen molar-refractivity contribution in [2.45, 2.75) is 6.04 Å². The maximum atomic E-state index is 11.1. The molecule has 2 atom stereocenters. The second-order valence-corrected chi connectivity index (χ2v) is 3.90. The molecule has 5 heteroatoms. The average Bonchev–Trinajstić information content (AvgIpc) is 2.48. The number of aromatic amines is 1. The van der Waals surface area contributed by atoms with Crippen molar-refractivity contribution in [2.24, 2.45) is 5.92 Å². The third-order valence-electron chi connectivity index (χ3n) is 3.07. The fraction of sp³-hybridized carbons (Fsp3) is 0.556. The van der Waals surface area contributed by atoms with Crippen molar-refractivity contribution in [3.05, 3.63) is 22.6 Å². The summed E-state index contributed by atoms with van der Waals surface area (Å²) in [5.41, 5.74) is -0.0793. The lowest BCUT2D eigenvalue weighted by molar-refractivity contribution is 0.358. The first-order valence-corrected chi connectivity index (χ1v) is 4.87. The SMILES string of the molecule is O=c1ccnc(N2CC3CNCC32)[nH]1. The van der Waals surface area contributed by atoms with Crippen molar-refractivity contribution in [1.82, 2.24) is 15.3 Å². The van der Waals surface area contributed by atoms with Crippen molar-refractivity contribution in [3.8, 4) is 0 Å². The Hall–Kier alpha value is -1.36. The highest BCUT2D eigenvalue weighted by Gasteiger charge is 2.42. The number of rotatable bonds is 1. The van der Waals surface area contributed by atoms with Crippen molar-refractivity contribution in [2.75, 3.05) is 24.5 Å². The normalized spacial score (nSPS) is 29.9. The summed E-state index contributed by atoms with van der Waals surface area (Å²) >= 11 is 0. The molecule has 74 valence electrons. The van der Waals surface area contributed by atoms with Crippen LogP contribution in [0.2, 0.25) is 0 Å². The first-order chi connectivity index (χ1) is 6.84. The van der Waals surface area contributed by atoms with E-state index in [9.17, 15) is 4.79 Å². The molecule has 0 amide bonds. The molecule has 0 aromatic carbocycles. The number of anilines is 1. The molecule has 0 aliphatic carbocycles. The largest absolute Gasteiger partial charge is 0.337 e. The zero-order chi connectivity index (χ0) is 9.54. The molecule has 2 aliphatic rings. The molecule has 5 nitrogen and oxygen atoms in total. The Labute approximate surface area is 81.2 Å². The number of nitrogens with one attached hydrogen (secondary N) is 2. The highest BCUT2D eigenvalue weighted by atomic mass is 16.1. The highest BCUT2D eigenvalue weighted by Crippen LogP contribution is 2.30. The van der Waals surface area contributed by atoms with Gasteiger partial charge in [0.1, 0.15) is 0 Å². The van der Waals surface area contributed by atoms with Gasteiger partial charge in [0.05, 0.1) is 0 Å². The molecule has 0 spiro atoms. The summed E-state index contributed by atoms with van der Waals surface area (Å²) in [5.74, 6) is 1.45. The number of hydrogen-bond donors (Lipinski definition) is 2. The molecule has 14 heavy (non-hydrogen) atoms. The van der Waals surface area contributed by atoms with Crippen LogP contribution in [0.15, 0.2) is 17.1 Å². The molecule has 0 saturated carbocycles. The minimum atomic E-state index is -0.0793. The molecule has 3 rings (SSSR count). The Morgan fingerprint density at radius 1 is 1.50 bits per heavy atom. The van der Waals surface area contributed by atoms with Gasteiger partial charge in [-0.3, -0.25) is 9.78 Å². The first kappa shape index (κ1) is 7.99. The minimum absolute atomic E-state index is 0.0793. The standard InChI is InChI=1S/C9H12N4O/c14-8-1-2-11-9(12-8)13-5-6-3-10-4-7(6)13/h1-2,6-7,10H,3-5H2,(H,11,12,14). The smallest absolute Gasteiger partial charge is 0.252 e. The third kappa shape index (κ3) is 1.05. The van der Waals surface area contributed by atoms with Gasteiger partial charge in [-0.05, 0) is 0 Å². The summed E-state index contributed by atoms with van der Waals surface area (Å²) in [4.78, 5) is 20.2. The van der Waals surface area contributed by atoms with Crippen LogP contribution in [0.25, 0.3) is 0 Å². The van der Waals surface area contributed by atoms with Gasteiger partial charge in [-0.15, -0.1) is 0 Å². The van der Waals surface area contributed by atoms with E-state index in [2.05, 4.69) is 20.2 Å². The molecule has 1 aromatic heterocycles. The molecule has 0 radical (unpaired) electrons. The van der Waals surface area contributed by atoms with Crippen LogP contribution in [0, 0.1) is 5.92 Å². The number of H-pyrrole nitrogens is 1. The topological polar surface area (TPSA) is 61.0 Å². The van der Waals surface area contributed by atoms with Gasteiger partial charge < -0.3 is 10.2 Å². The quantitative estimate of drug-likeness (QED) is 0.610. The minimum Gasteiger partial charge on any atom is -0.337 e. The van der Waals surface area contributed by atoms with Gasteiger partial charge in [0.2, 0.25) is 5.95 Å². The van der Waals surface area contributed by atoms with Crippen LogP contribution in [0.3, 0.4) is 0 Å². The molecule has 0 bridgehead atoms. The highest BCUT2D eigenvalue weighted by molar-refractivity contribution is 5.38. The summed E-state index contributed by atoms with van der Waals surface area (Å²) in [6.07, 6.45) is 1.56. The second kappa shape index (κ2) is 2.81. The van der Waals surface area contributed by atoms with Gasteiger partial charge in [0, 0.05) is 43.9 Å². The predicted molar refractivity (Wildman–Crippen MR) is 52.4 cm³/mol. The van der Waals surface area contributed by atoms with E-state index in [4.69, 9.17) is 0 Å². The molecular formula is C9H12N4O. The Morgan fingerprint density at radius 2 is 2.43 bits per heavy atom. The van der Waals surface area contributed by atoms with Crippen molar-refractivity contribution < 1.29 is 0 Å².